The second-order valence-electron chi connectivity index (χ2n) is 8.06. The van der Waals surface area contributed by atoms with E-state index >= 15 is 0 Å². The van der Waals surface area contributed by atoms with E-state index in [9.17, 15) is 14.7 Å². The highest BCUT2D eigenvalue weighted by atomic mass is 35.5. The molecule has 10 heteroatoms. The molecule has 0 radical (unpaired) electrons. The summed E-state index contributed by atoms with van der Waals surface area (Å²) >= 11 is 5.97. The lowest BCUT2D eigenvalue weighted by atomic mass is 9.98. The quantitative estimate of drug-likeness (QED) is 0.512. The highest BCUT2D eigenvalue weighted by Gasteiger charge is 2.41. The van der Waals surface area contributed by atoms with Crippen LogP contribution in [-0.2, 0) is 25.6 Å². The number of nitrogens with zero attached hydrogens (tertiary/aromatic N) is 2. The summed E-state index contributed by atoms with van der Waals surface area (Å²) in [5, 5.41) is 14.6. The summed E-state index contributed by atoms with van der Waals surface area (Å²) in [7, 11) is 0. The topological polar surface area (TPSA) is 124 Å². The molecule has 166 valence electrons. The molecule has 0 aromatic heterocycles. The number of aliphatic hydroxyl groups excluding tert-OH is 1. The minimum Gasteiger partial charge on any atom is -0.427 e. The van der Waals surface area contributed by atoms with Crippen molar-refractivity contribution in [1.29, 1.82) is 0 Å². The van der Waals surface area contributed by atoms with Gasteiger partial charge >= 0.3 is 6.16 Å². The average Bonchev–Trinajstić information content (AvgIpc) is 3.08. The third-order valence-electron chi connectivity index (χ3n) is 4.26. The number of halogens is 1. The van der Waals surface area contributed by atoms with Crippen LogP contribution in [0.5, 0.6) is 0 Å². The number of benzene rings is 1. The average molecular weight is 442 g/mol. The Morgan fingerprint density at radius 3 is 2.50 bits per heavy atom. The minimum absolute atomic E-state index is 0.213. The summed E-state index contributed by atoms with van der Waals surface area (Å²) in [5.41, 5.74) is 5.86. The summed E-state index contributed by atoms with van der Waals surface area (Å²) in [6.45, 7) is 6.36. The van der Waals surface area contributed by atoms with Gasteiger partial charge in [-0.05, 0) is 33.3 Å². The van der Waals surface area contributed by atoms with Crippen molar-refractivity contribution in [2.75, 3.05) is 0 Å². The van der Waals surface area contributed by atoms with Gasteiger partial charge in [0, 0.05) is 12.8 Å². The van der Waals surface area contributed by atoms with Crippen LogP contribution in [0.4, 0.5) is 4.79 Å². The fraction of sp³-hybridized carbons (Fsp3) is 0.550. The van der Waals surface area contributed by atoms with Crippen molar-refractivity contribution >= 4 is 28.8 Å². The summed E-state index contributed by atoms with van der Waals surface area (Å²) in [6, 6.07) is 7.10. The van der Waals surface area contributed by atoms with E-state index < -0.39 is 42.0 Å². The number of hydrogen-bond acceptors (Lipinski definition) is 8. The van der Waals surface area contributed by atoms with Crippen molar-refractivity contribution in [2.24, 2.45) is 10.9 Å². The van der Waals surface area contributed by atoms with E-state index in [2.05, 4.69) is 5.16 Å². The van der Waals surface area contributed by atoms with Gasteiger partial charge in [-0.25, -0.2) is 4.79 Å². The fourth-order valence-corrected chi connectivity index (χ4v) is 2.96. The van der Waals surface area contributed by atoms with Gasteiger partial charge in [-0.1, -0.05) is 47.1 Å². The number of aliphatic hydroxyl groups is 1. The summed E-state index contributed by atoms with van der Waals surface area (Å²) < 4.78 is 5.19. The fourth-order valence-electron chi connectivity index (χ4n) is 2.77. The van der Waals surface area contributed by atoms with Gasteiger partial charge in [-0.3, -0.25) is 4.79 Å². The molecule has 0 spiro atoms. The lowest BCUT2D eigenvalue weighted by Gasteiger charge is -2.34. The first-order valence-corrected chi connectivity index (χ1v) is 9.95. The standard InChI is InChI=1S/C20H28ClN3O6/c1-12(25)17(22)18(26)24(30-19(27)28-20(2,3)4)14(15-11-16(21)23-29-15)10-13-8-6-5-7-9-13/h5-9,12,14-15,17,25H,10-11,22H2,1-4H3/t12-,14?,15?,17+/m1/s1. The largest absolute Gasteiger partial charge is 0.534 e. The van der Waals surface area contributed by atoms with Crippen molar-refractivity contribution in [1.82, 2.24) is 5.06 Å². The summed E-state index contributed by atoms with van der Waals surface area (Å²) in [6.07, 6.45) is -2.48. The van der Waals surface area contributed by atoms with Crippen LogP contribution in [-0.4, -0.2) is 57.3 Å². The first-order chi connectivity index (χ1) is 14.0. The number of oxime groups is 1. The van der Waals surface area contributed by atoms with Crippen molar-refractivity contribution in [3.63, 3.8) is 0 Å². The molecular weight excluding hydrogens is 414 g/mol. The molecule has 30 heavy (non-hydrogen) atoms. The lowest BCUT2D eigenvalue weighted by Crippen LogP contribution is -2.57. The Labute approximate surface area is 180 Å². The molecule has 1 amide bonds. The number of nitrogens with two attached hydrogens (primary N) is 1. The third kappa shape index (κ3) is 6.86. The Hall–Kier alpha value is -2.36. The Kier molecular flexibility index (Phi) is 8.05. The van der Waals surface area contributed by atoms with Gasteiger partial charge < -0.3 is 25.3 Å². The van der Waals surface area contributed by atoms with Gasteiger partial charge in [0.2, 0.25) is 0 Å². The van der Waals surface area contributed by atoms with Crippen LogP contribution in [0.15, 0.2) is 35.5 Å². The predicted octanol–water partition coefficient (Wildman–Crippen LogP) is 2.34. The smallest absolute Gasteiger partial charge is 0.427 e. The van der Waals surface area contributed by atoms with Gasteiger partial charge in [0.25, 0.3) is 5.91 Å². The number of amides is 1. The Bertz CT molecular complexity index is 766. The number of rotatable bonds is 6. The molecule has 2 rings (SSSR count). The zero-order valence-electron chi connectivity index (χ0n) is 17.4. The van der Waals surface area contributed by atoms with Crippen LogP contribution in [0.3, 0.4) is 0 Å². The second-order valence-corrected chi connectivity index (χ2v) is 8.50. The normalized spacial score (nSPS) is 19.2. The Balaban J connectivity index is 2.36. The van der Waals surface area contributed by atoms with Gasteiger partial charge in [0.15, 0.2) is 6.10 Å². The van der Waals surface area contributed by atoms with E-state index in [0.29, 0.717) is 0 Å². The third-order valence-corrected chi connectivity index (χ3v) is 4.48. The van der Waals surface area contributed by atoms with Crippen LogP contribution in [0.2, 0.25) is 0 Å². The number of ether oxygens (including phenoxy) is 1. The molecule has 9 nitrogen and oxygen atoms in total. The van der Waals surface area contributed by atoms with E-state index in [1.54, 1.807) is 20.8 Å². The summed E-state index contributed by atoms with van der Waals surface area (Å²) in [4.78, 5) is 36.1. The van der Waals surface area contributed by atoms with E-state index in [1.807, 2.05) is 30.3 Å². The Morgan fingerprint density at radius 2 is 2.00 bits per heavy atom. The van der Waals surface area contributed by atoms with Crippen molar-refractivity contribution < 1.29 is 29.1 Å². The maximum absolute atomic E-state index is 13.0. The monoisotopic (exact) mass is 441 g/mol. The molecular formula is C20H28ClN3O6. The molecule has 4 atom stereocenters. The predicted molar refractivity (Wildman–Crippen MR) is 111 cm³/mol. The first kappa shape index (κ1) is 23.9. The van der Waals surface area contributed by atoms with Crippen LogP contribution in [0.1, 0.15) is 39.7 Å². The number of carbonyl (C=O) groups excluding carboxylic acids is 2. The van der Waals surface area contributed by atoms with Crippen molar-refractivity contribution in [3.8, 4) is 0 Å². The zero-order valence-corrected chi connectivity index (χ0v) is 18.2. The van der Waals surface area contributed by atoms with E-state index in [1.165, 1.54) is 6.92 Å². The maximum Gasteiger partial charge on any atom is 0.534 e. The molecule has 0 saturated heterocycles. The van der Waals surface area contributed by atoms with Crippen LogP contribution >= 0.6 is 11.6 Å². The van der Waals surface area contributed by atoms with E-state index in [-0.39, 0.29) is 18.0 Å². The van der Waals surface area contributed by atoms with E-state index in [0.717, 1.165) is 10.6 Å². The summed E-state index contributed by atoms with van der Waals surface area (Å²) in [5.74, 6) is -0.802. The zero-order chi connectivity index (χ0) is 22.5. The van der Waals surface area contributed by atoms with Gasteiger partial charge in [-0.2, -0.15) is 5.06 Å². The maximum atomic E-state index is 13.0. The molecule has 1 aliphatic heterocycles. The van der Waals surface area contributed by atoms with Crippen LogP contribution in [0, 0.1) is 0 Å². The molecule has 1 aromatic carbocycles. The molecule has 0 bridgehead atoms. The molecule has 1 heterocycles. The molecule has 2 unspecified atom stereocenters. The molecule has 0 saturated carbocycles. The molecule has 0 aliphatic carbocycles. The van der Waals surface area contributed by atoms with Crippen molar-refractivity contribution in [2.45, 2.75) is 70.4 Å². The minimum atomic E-state index is -1.33. The number of hydrogen-bond donors (Lipinski definition) is 2. The van der Waals surface area contributed by atoms with Gasteiger partial charge in [0.1, 0.15) is 22.9 Å². The molecule has 0 fully saturated rings. The van der Waals surface area contributed by atoms with Crippen LogP contribution in [0.25, 0.3) is 0 Å². The first-order valence-electron chi connectivity index (χ1n) is 9.57. The molecule has 1 aliphatic rings. The highest BCUT2D eigenvalue weighted by molar-refractivity contribution is 6.65. The molecule has 1 aromatic rings. The highest BCUT2D eigenvalue weighted by Crippen LogP contribution is 2.25. The Morgan fingerprint density at radius 1 is 1.37 bits per heavy atom. The number of hydroxylamine groups is 2. The second kappa shape index (κ2) is 10.1. The lowest BCUT2D eigenvalue weighted by molar-refractivity contribution is -0.203. The van der Waals surface area contributed by atoms with Crippen LogP contribution < -0.4 is 5.73 Å². The van der Waals surface area contributed by atoms with Gasteiger partial charge in [0.05, 0.1) is 6.10 Å². The number of carbonyl (C=O) groups is 2. The van der Waals surface area contributed by atoms with Crippen molar-refractivity contribution in [3.05, 3.63) is 35.9 Å². The van der Waals surface area contributed by atoms with Gasteiger partial charge in [-0.15, -0.1) is 0 Å². The SMILES string of the molecule is C[C@@H](O)[C@H](N)C(=O)N(OC(=O)OC(C)(C)C)C(Cc1ccccc1)C1CC(Cl)=NO1. The molecule has 3 N–H and O–H groups in total. The van der Waals surface area contributed by atoms with E-state index in [4.69, 9.17) is 31.7 Å².